The molecule has 0 aliphatic carbocycles. The highest BCUT2D eigenvalue weighted by molar-refractivity contribution is 5.76. The van der Waals surface area contributed by atoms with Gasteiger partial charge in [0.25, 0.3) is 5.79 Å². The number of rotatable bonds is 5. The lowest BCUT2D eigenvalue weighted by molar-refractivity contribution is -0.295. The van der Waals surface area contributed by atoms with E-state index in [0.717, 1.165) is 6.92 Å². The van der Waals surface area contributed by atoms with Crippen LogP contribution in [0.15, 0.2) is 0 Å². The molecule has 1 heterocycles. The van der Waals surface area contributed by atoms with Crippen LogP contribution in [0.4, 0.5) is 0 Å². The molecule has 10 heteroatoms. The molecule has 10 nitrogen and oxygen atoms in total. The molecule has 1 saturated heterocycles. The minimum atomic E-state index is -2.78. The van der Waals surface area contributed by atoms with Crippen molar-refractivity contribution in [3.8, 4) is 0 Å². The largest absolute Gasteiger partial charge is 0.477 e. The number of carboxylic acid groups (broad SMARTS) is 1. The van der Waals surface area contributed by atoms with Crippen molar-refractivity contribution in [3.63, 3.8) is 0 Å². The molecule has 0 unspecified atom stereocenters. The van der Waals surface area contributed by atoms with Crippen molar-refractivity contribution in [3.05, 3.63) is 0 Å². The Labute approximate surface area is 119 Å². The monoisotopic (exact) mass is 311 g/mol. The number of hydrogen-bond donors (Lipinski definition) is 7. The molecule has 1 fully saturated rings. The minimum Gasteiger partial charge on any atom is -0.477 e. The Kier molecular flexibility index (Phi) is 5.61. The normalized spacial score (nSPS) is 35.8. The van der Waals surface area contributed by atoms with Crippen LogP contribution in [0, 0.1) is 0 Å². The van der Waals surface area contributed by atoms with Gasteiger partial charge >= 0.3 is 5.97 Å². The van der Waals surface area contributed by atoms with Crippen molar-refractivity contribution >= 4 is 11.9 Å². The molecule has 1 aliphatic rings. The molecule has 7 N–H and O–H groups in total. The van der Waals surface area contributed by atoms with Crippen LogP contribution in [-0.2, 0) is 14.3 Å². The molecule has 0 bridgehead atoms. The molecule has 122 valence electrons. The Morgan fingerprint density at radius 2 is 2.05 bits per heavy atom. The molecule has 1 rings (SSSR count). The lowest BCUT2D eigenvalue weighted by atomic mass is 10.0. The number of carbonyl (C=O) groups is 2. The van der Waals surface area contributed by atoms with E-state index in [2.05, 4.69) is 5.32 Å². The summed E-state index contributed by atoms with van der Waals surface area (Å²) in [5.74, 6) is -5.17. The molecule has 0 spiro atoms. The highest BCUT2D eigenvalue weighted by atomic mass is 16.8. The molecule has 0 aromatic carbocycles. The van der Waals surface area contributed by atoms with Crippen molar-refractivity contribution in [2.45, 2.75) is 49.6 Å². The van der Waals surface area contributed by atoms with Crippen molar-refractivity contribution in [2.75, 3.05) is 6.61 Å². The van der Waals surface area contributed by atoms with Gasteiger partial charge in [-0.3, -0.25) is 4.79 Å². The summed E-state index contributed by atoms with van der Waals surface area (Å²) in [5.41, 5.74) is 0. The first kappa shape index (κ1) is 17.8. The average molecular weight is 311 g/mol. The van der Waals surface area contributed by atoms with Gasteiger partial charge in [-0.25, -0.2) is 4.79 Å². The Bertz CT molecular complexity index is 403. The molecule has 0 aromatic heterocycles. The van der Waals surface area contributed by atoms with Gasteiger partial charge in [0.1, 0.15) is 18.3 Å². The summed E-state index contributed by atoms with van der Waals surface area (Å²) >= 11 is 0. The van der Waals surface area contributed by atoms with Gasteiger partial charge in [-0.05, 0) is 0 Å². The second-order valence-corrected chi connectivity index (χ2v) is 4.91. The highest BCUT2D eigenvalue weighted by Gasteiger charge is 2.53. The maximum atomic E-state index is 11.1. The van der Waals surface area contributed by atoms with Gasteiger partial charge in [-0.15, -0.1) is 0 Å². The molecule has 6 atom stereocenters. The number of nitrogens with one attached hydrogen (secondary N) is 1. The van der Waals surface area contributed by atoms with E-state index < -0.39 is 61.1 Å². The molecular formula is C11H19NO9. The van der Waals surface area contributed by atoms with Crippen LogP contribution in [0.25, 0.3) is 0 Å². The topological polar surface area (TPSA) is 177 Å². The van der Waals surface area contributed by atoms with E-state index in [1.165, 1.54) is 0 Å². The molecule has 0 aromatic rings. The lowest BCUT2D eigenvalue weighted by Gasteiger charge is -2.44. The number of hydrogen-bond acceptors (Lipinski definition) is 8. The van der Waals surface area contributed by atoms with E-state index in [4.69, 9.17) is 14.9 Å². The number of aliphatic carboxylic acids is 1. The van der Waals surface area contributed by atoms with E-state index in [0.29, 0.717) is 0 Å². The number of carbonyl (C=O) groups excluding carboxylic acids is 1. The number of carboxylic acids is 1. The van der Waals surface area contributed by atoms with Gasteiger partial charge in [-0.1, -0.05) is 0 Å². The first-order chi connectivity index (χ1) is 9.62. The summed E-state index contributed by atoms with van der Waals surface area (Å²) in [4.78, 5) is 22.1. The Balaban J connectivity index is 3.07. The van der Waals surface area contributed by atoms with E-state index in [-0.39, 0.29) is 0 Å². The summed E-state index contributed by atoms with van der Waals surface area (Å²) in [6.45, 7) is 0.256. The Morgan fingerprint density at radius 3 is 2.48 bits per heavy atom. The number of aliphatic hydroxyl groups excluding tert-OH is 4. The molecule has 0 radical (unpaired) electrons. The van der Waals surface area contributed by atoms with Crippen LogP contribution in [0.2, 0.25) is 0 Å². The second-order valence-electron chi connectivity index (χ2n) is 4.91. The van der Waals surface area contributed by atoms with E-state index in [1.807, 2.05) is 0 Å². The predicted molar refractivity (Wildman–Crippen MR) is 64.8 cm³/mol. The van der Waals surface area contributed by atoms with Crippen LogP contribution in [0.1, 0.15) is 13.3 Å². The zero-order valence-electron chi connectivity index (χ0n) is 11.2. The molecule has 0 saturated carbocycles. The SMILES string of the molecule is CC(=O)N[C@@H]1[C@@H](O)C[C@@](O)(C(=O)O)O[14C@H]1[C@H](O)[C@H](O)CO. The predicted octanol–water partition coefficient (Wildman–Crippen LogP) is -3.87. The summed E-state index contributed by atoms with van der Waals surface area (Å²) in [6.07, 6.45) is -7.48. The van der Waals surface area contributed by atoms with E-state index in [1.54, 1.807) is 0 Å². The van der Waals surface area contributed by atoms with Gasteiger partial charge in [0.2, 0.25) is 5.91 Å². The second kappa shape index (κ2) is 6.64. The van der Waals surface area contributed by atoms with Crippen molar-refractivity contribution in [1.82, 2.24) is 5.32 Å². The van der Waals surface area contributed by atoms with Gasteiger partial charge in [0.15, 0.2) is 0 Å². The summed E-state index contributed by atoms with van der Waals surface area (Å²) in [7, 11) is 0. The maximum absolute atomic E-state index is 11.1. The Hall–Kier alpha value is -1.30. The van der Waals surface area contributed by atoms with E-state index in [9.17, 15) is 30.0 Å². The molecular weight excluding hydrogens is 292 g/mol. The molecule has 1 aliphatic heterocycles. The summed E-state index contributed by atoms with van der Waals surface area (Å²) < 4.78 is 4.86. The van der Waals surface area contributed by atoms with Crippen molar-refractivity contribution in [1.29, 1.82) is 0 Å². The van der Waals surface area contributed by atoms with Crippen LogP contribution >= 0.6 is 0 Å². The fourth-order valence-electron chi connectivity index (χ4n) is 2.14. The molecule has 1 amide bonds. The minimum absolute atomic E-state index is 0.598. The summed E-state index contributed by atoms with van der Waals surface area (Å²) in [6, 6.07) is -1.27. The highest BCUT2D eigenvalue weighted by Crippen LogP contribution is 2.30. The fraction of sp³-hybridized carbons (Fsp3) is 0.818. The van der Waals surface area contributed by atoms with Gasteiger partial charge < -0.3 is 40.7 Å². The quantitative estimate of drug-likeness (QED) is 0.267. The lowest BCUT2D eigenvalue weighted by Crippen LogP contribution is -2.67. The van der Waals surface area contributed by atoms with Crippen molar-refractivity contribution in [2.24, 2.45) is 0 Å². The first-order valence-electron chi connectivity index (χ1n) is 6.18. The number of aliphatic hydroxyl groups is 5. The van der Waals surface area contributed by atoms with Crippen LogP contribution < -0.4 is 5.32 Å². The third-order valence-electron chi connectivity index (χ3n) is 3.21. The van der Waals surface area contributed by atoms with Crippen LogP contribution in [0.5, 0.6) is 0 Å². The van der Waals surface area contributed by atoms with Gasteiger partial charge in [-0.2, -0.15) is 0 Å². The van der Waals surface area contributed by atoms with Crippen LogP contribution in [0.3, 0.4) is 0 Å². The van der Waals surface area contributed by atoms with Gasteiger partial charge in [0, 0.05) is 13.3 Å². The van der Waals surface area contributed by atoms with Crippen LogP contribution in [-0.4, -0.2) is 85.4 Å². The smallest absolute Gasteiger partial charge is 0.364 e. The van der Waals surface area contributed by atoms with E-state index >= 15 is 0 Å². The maximum Gasteiger partial charge on any atom is 0.364 e. The average Bonchev–Trinajstić information content (AvgIpc) is 2.39. The first-order valence-corrected chi connectivity index (χ1v) is 6.18. The van der Waals surface area contributed by atoms with Gasteiger partial charge in [0.05, 0.1) is 18.8 Å². The third kappa shape index (κ3) is 3.87. The number of amides is 1. The zero-order chi connectivity index (χ0) is 16.4. The van der Waals surface area contributed by atoms with Crippen molar-refractivity contribution < 1.29 is 45.0 Å². The third-order valence-corrected chi connectivity index (χ3v) is 3.21. The fourth-order valence-corrected chi connectivity index (χ4v) is 2.14. The molecule has 21 heavy (non-hydrogen) atoms. The standard InChI is InChI=1S/C11H19NO9/c1-4(14)12-7-5(15)2-11(20,10(18)19)21-9(7)8(17)6(16)3-13/h5-9,13,15-17,20H,2-3H2,1H3,(H,12,14)(H,18,19)/t5-,6+,7+,8+,9+,11-/m0/s1/i9+2. The summed E-state index contributed by atoms with van der Waals surface area (Å²) in [5, 5.41) is 59.0. The zero-order valence-corrected chi connectivity index (χ0v) is 11.2. The number of ether oxygens (including phenoxy) is 1. The Morgan fingerprint density at radius 1 is 1.48 bits per heavy atom.